The van der Waals surface area contributed by atoms with Crippen LogP contribution in [0.25, 0.3) is 0 Å². The summed E-state index contributed by atoms with van der Waals surface area (Å²) >= 11 is 0. The van der Waals surface area contributed by atoms with E-state index in [1.54, 1.807) is 6.92 Å². The molecule has 1 fully saturated rings. The summed E-state index contributed by atoms with van der Waals surface area (Å²) in [5.74, 6) is 0. The SMILES string of the molecule is CCCCCN1C(F)(F)C(F)(F)OC(F)(F)C1(F)F. The second kappa shape index (κ2) is 4.72. The first-order chi connectivity index (χ1) is 8.40. The van der Waals surface area contributed by atoms with Crippen molar-refractivity contribution in [2.45, 2.75) is 50.5 Å². The van der Waals surface area contributed by atoms with Crippen LogP contribution in [0.15, 0.2) is 0 Å². The maximum Gasteiger partial charge on any atom is 0.439 e. The first kappa shape index (κ1) is 16.4. The number of morpholine rings is 1. The molecule has 1 aliphatic heterocycles. The molecule has 0 aliphatic carbocycles. The summed E-state index contributed by atoms with van der Waals surface area (Å²) in [6.07, 6.45) is -11.2. The van der Waals surface area contributed by atoms with Crippen LogP contribution in [0, 0.1) is 0 Å². The van der Waals surface area contributed by atoms with E-state index in [-0.39, 0.29) is 12.8 Å². The minimum atomic E-state index is -5.70. The third-order valence-electron chi connectivity index (χ3n) is 2.62. The molecular weight excluding hydrogens is 290 g/mol. The molecule has 1 aliphatic rings. The van der Waals surface area contributed by atoms with Crippen LogP contribution in [0.5, 0.6) is 0 Å². The molecule has 0 unspecified atom stereocenters. The fraction of sp³-hybridized carbons (Fsp3) is 1.00. The average molecular weight is 301 g/mol. The molecule has 0 radical (unpaired) electrons. The summed E-state index contributed by atoms with van der Waals surface area (Å²) in [5, 5.41) is 0. The topological polar surface area (TPSA) is 12.5 Å². The Hall–Kier alpha value is -0.640. The van der Waals surface area contributed by atoms with Gasteiger partial charge in [-0.05, 0) is 6.42 Å². The van der Waals surface area contributed by atoms with Gasteiger partial charge in [-0.25, -0.2) is 4.74 Å². The van der Waals surface area contributed by atoms with E-state index in [9.17, 15) is 35.1 Å². The van der Waals surface area contributed by atoms with Crippen molar-refractivity contribution < 1.29 is 39.9 Å². The molecule has 0 saturated carbocycles. The lowest BCUT2D eigenvalue weighted by Gasteiger charge is -2.47. The molecule has 0 N–H and O–H groups in total. The van der Waals surface area contributed by atoms with E-state index >= 15 is 0 Å². The molecule has 0 aromatic carbocycles. The third-order valence-corrected chi connectivity index (χ3v) is 2.62. The molecule has 1 heterocycles. The van der Waals surface area contributed by atoms with E-state index in [1.165, 1.54) is 0 Å². The van der Waals surface area contributed by atoms with Gasteiger partial charge >= 0.3 is 24.3 Å². The van der Waals surface area contributed by atoms with E-state index < -0.39 is 35.8 Å². The average Bonchev–Trinajstić information content (AvgIpc) is 2.20. The van der Waals surface area contributed by atoms with Crippen molar-refractivity contribution in [2.24, 2.45) is 0 Å². The van der Waals surface area contributed by atoms with Crippen molar-refractivity contribution in [2.75, 3.05) is 6.54 Å². The van der Waals surface area contributed by atoms with Gasteiger partial charge in [0.25, 0.3) is 0 Å². The lowest BCUT2D eigenvalue weighted by molar-refractivity contribution is -0.562. The molecular formula is C9H11F8NO. The highest BCUT2D eigenvalue weighted by Gasteiger charge is 2.82. The zero-order chi connectivity index (χ0) is 15.1. The molecule has 0 spiro atoms. The molecule has 0 atom stereocenters. The number of hydrogen-bond donors (Lipinski definition) is 0. The highest BCUT2D eigenvalue weighted by atomic mass is 19.4. The van der Waals surface area contributed by atoms with Crippen molar-refractivity contribution in [3.05, 3.63) is 0 Å². The quantitative estimate of drug-likeness (QED) is 0.444. The molecule has 0 amide bonds. The number of alkyl halides is 8. The van der Waals surface area contributed by atoms with Crippen molar-refractivity contribution in [1.29, 1.82) is 0 Å². The van der Waals surface area contributed by atoms with Crippen molar-refractivity contribution in [1.82, 2.24) is 4.90 Å². The number of halogens is 8. The number of unbranched alkanes of at least 4 members (excludes halogenated alkanes) is 2. The summed E-state index contributed by atoms with van der Waals surface area (Å²) in [4.78, 5) is -1.49. The molecule has 0 bridgehead atoms. The van der Waals surface area contributed by atoms with E-state index in [1.807, 2.05) is 0 Å². The highest BCUT2D eigenvalue weighted by Crippen LogP contribution is 2.55. The summed E-state index contributed by atoms with van der Waals surface area (Å²) in [6.45, 7) is 0.293. The first-order valence-electron chi connectivity index (χ1n) is 5.39. The smallest absolute Gasteiger partial charge is 0.243 e. The summed E-state index contributed by atoms with van der Waals surface area (Å²) in [5.41, 5.74) is 0. The monoisotopic (exact) mass is 301 g/mol. The largest absolute Gasteiger partial charge is 0.439 e. The molecule has 1 saturated heterocycles. The minimum absolute atomic E-state index is 0.153. The fourth-order valence-corrected chi connectivity index (χ4v) is 1.58. The van der Waals surface area contributed by atoms with Crippen LogP contribution in [-0.2, 0) is 4.74 Å². The number of hydrogen-bond acceptors (Lipinski definition) is 2. The predicted octanol–water partition coefficient (Wildman–Crippen LogP) is 3.88. The lowest BCUT2D eigenvalue weighted by atomic mass is 10.2. The Kier molecular flexibility index (Phi) is 4.08. The Bertz CT molecular complexity index is 306. The van der Waals surface area contributed by atoms with E-state index in [4.69, 9.17) is 0 Å². The zero-order valence-electron chi connectivity index (χ0n) is 9.71. The predicted molar refractivity (Wildman–Crippen MR) is 47.1 cm³/mol. The van der Waals surface area contributed by atoms with Gasteiger partial charge in [0.1, 0.15) is 0 Å². The molecule has 0 aromatic heterocycles. The van der Waals surface area contributed by atoms with Crippen molar-refractivity contribution in [3.63, 3.8) is 0 Å². The van der Waals surface area contributed by atoms with Gasteiger partial charge in [0.05, 0.1) is 0 Å². The zero-order valence-corrected chi connectivity index (χ0v) is 9.71. The minimum Gasteiger partial charge on any atom is -0.243 e. The summed E-state index contributed by atoms with van der Waals surface area (Å²) in [6, 6.07) is -11.0. The van der Waals surface area contributed by atoms with E-state index in [2.05, 4.69) is 4.74 Å². The van der Waals surface area contributed by atoms with Gasteiger partial charge in [0.15, 0.2) is 0 Å². The molecule has 10 heteroatoms. The van der Waals surface area contributed by atoms with E-state index in [0.717, 1.165) is 0 Å². The Labute approximate surface area is 103 Å². The Morgan fingerprint density at radius 2 is 1.21 bits per heavy atom. The number of nitrogens with zero attached hydrogens (tertiary/aromatic N) is 1. The Balaban J connectivity index is 3.10. The van der Waals surface area contributed by atoms with Gasteiger partial charge in [-0.1, -0.05) is 19.8 Å². The van der Waals surface area contributed by atoms with Crippen LogP contribution >= 0.6 is 0 Å². The van der Waals surface area contributed by atoms with Gasteiger partial charge < -0.3 is 0 Å². The van der Waals surface area contributed by atoms with Crippen LogP contribution in [0.4, 0.5) is 35.1 Å². The first-order valence-corrected chi connectivity index (χ1v) is 5.39. The van der Waals surface area contributed by atoms with Crippen LogP contribution in [0.2, 0.25) is 0 Å². The number of rotatable bonds is 4. The van der Waals surface area contributed by atoms with Crippen LogP contribution < -0.4 is 0 Å². The van der Waals surface area contributed by atoms with Gasteiger partial charge in [-0.15, -0.1) is 0 Å². The Morgan fingerprint density at radius 3 is 1.58 bits per heavy atom. The van der Waals surface area contributed by atoms with Crippen LogP contribution in [0.3, 0.4) is 0 Å². The van der Waals surface area contributed by atoms with E-state index in [0.29, 0.717) is 6.42 Å². The van der Waals surface area contributed by atoms with Gasteiger partial charge in [0, 0.05) is 6.54 Å². The molecule has 2 nitrogen and oxygen atoms in total. The maximum absolute atomic E-state index is 13.2. The highest BCUT2D eigenvalue weighted by molar-refractivity contribution is 4.94. The lowest BCUT2D eigenvalue weighted by Crippen LogP contribution is -2.73. The summed E-state index contributed by atoms with van der Waals surface area (Å²) < 4.78 is 106. The normalized spacial score (nSPS) is 28.3. The summed E-state index contributed by atoms with van der Waals surface area (Å²) in [7, 11) is 0. The molecule has 19 heavy (non-hydrogen) atoms. The van der Waals surface area contributed by atoms with Crippen LogP contribution in [0.1, 0.15) is 26.2 Å². The van der Waals surface area contributed by atoms with Crippen LogP contribution in [-0.4, -0.2) is 35.8 Å². The second-order valence-electron chi connectivity index (χ2n) is 4.08. The van der Waals surface area contributed by atoms with Gasteiger partial charge in [-0.3, -0.25) is 0 Å². The van der Waals surface area contributed by atoms with Crippen molar-refractivity contribution >= 4 is 0 Å². The number of ether oxygens (including phenoxy) is 1. The Morgan fingerprint density at radius 1 is 0.789 bits per heavy atom. The maximum atomic E-state index is 13.2. The van der Waals surface area contributed by atoms with Gasteiger partial charge in [-0.2, -0.15) is 40.0 Å². The molecule has 1 rings (SSSR count). The fourth-order valence-electron chi connectivity index (χ4n) is 1.58. The molecule has 114 valence electrons. The standard InChI is InChI=1S/C9H11F8NO/c1-2-3-4-5-18-6(10,11)8(14,15)19-9(16,17)7(18,12)13/h2-5H2,1H3. The second-order valence-corrected chi connectivity index (χ2v) is 4.08. The van der Waals surface area contributed by atoms with Gasteiger partial charge in [0.2, 0.25) is 0 Å². The third kappa shape index (κ3) is 2.51. The van der Waals surface area contributed by atoms with Crippen molar-refractivity contribution in [3.8, 4) is 0 Å². The molecule has 0 aromatic rings.